The number of carbonyl (C=O) groups excluding carboxylic acids is 2. The maximum absolute atomic E-state index is 14.2. The number of urea groups is 1. The Kier molecular flexibility index (Phi) is 3.19. The zero-order valence-corrected chi connectivity index (χ0v) is 13.1. The maximum Gasteiger partial charge on any atom is 0.321 e. The van der Waals surface area contributed by atoms with Gasteiger partial charge in [0.2, 0.25) is 5.91 Å². The summed E-state index contributed by atoms with van der Waals surface area (Å²) in [7, 11) is 0. The lowest BCUT2D eigenvalue weighted by atomic mass is 10.0. The summed E-state index contributed by atoms with van der Waals surface area (Å²) < 4.78 is 15.8. The van der Waals surface area contributed by atoms with Gasteiger partial charge in [0.1, 0.15) is 5.67 Å². The zero-order chi connectivity index (χ0) is 16.9. The number of aromatic nitrogens is 3. The number of anilines is 1. The molecule has 1 unspecified atom stereocenters. The Balaban J connectivity index is 1.75. The van der Waals surface area contributed by atoms with Crippen LogP contribution in [-0.2, 0) is 4.79 Å². The molecule has 2 fully saturated rings. The summed E-state index contributed by atoms with van der Waals surface area (Å²) in [5.41, 5.74) is 0.636. The molecular weight excluding hydrogens is 315 g/mol. The van der Waals surface area contributed by atoms with Gasteiger partial charge in [0.05, 0.1) is 23.8 Å². The first kappa shape index (κ1) is 14.9. The number of hydrogen-bond acceptors (Lipinski definition) is 5. The molecule has 3 amide bonds. The van der Waals surface area contributed by atoms with Gasteiger partial charge in [-0.3, -0.25) is 10.1 Å². The van der Waals surface area contributed by atoms with Crippen molar-refractivity contribution in [3.63, 3.8) is 0 Å². The highest BCUT2D eigenvalue weighted by Gasteiger charge is 2.36. The summed E-state index contributed by atoms with van der Waals surface area (Å²) in [6.07, 6.45) is 3.74. The minimum absolute atomic E-state index is 0.179. The lowest BCUT2D eigenvalue weighted by molar-refractivity contribution is -0.122. The molecule has 0 aromatic carbocycles. The highest BCUT2D eigenvalue weighted by molar-refractivity contribution is 6.00. The predicted molar refractivity (Wildman–Crippen MR) is 83.6 cm³/mol. The second kappa shape index (κ2) is 5.15. The normalized spacial score (nSPS) is 27.4. The quantitative estimate of drug-likeness (QED) is 0.840. The van der Waals surface area contributed by atoms with Crippen LogP contribution in [0.15, 0.2) is 18.5 Å². The first-order valence-corrected chi connectivity index (χ1v) is 7.80. The minimum atomic E-state index is -1.25. The fourth-order valence-electron chi connectivity index (χ4n) is 3.22. The number of nitrogens with zero attached hydrogens (tertiary/aromatic N) is 4. The lowest BCUT2D eigenvalue weighted by Gasteiger charge is -2.24. The molecule has 0 bridgehead atoms. The third-order valence-electron chi connectivity index (χ3n) is 4.50. The van der Waals surface area contributed by atoms with Crippen molar-refractivity contribution in [2.75, 3.05) is 24.5 Å². The van der Waals surface area contributed by atoms with Crippen LogP contribution >= 0.6 is 0 Å². The first-order valence-electron chi connectivity index (χ1n) is 7.80. The van der Waals surface area contributed by atoms with Gasteiger partial charge in [0, 0.05) is 31.9 Å². The van der Waals surface area contributed by atoms with Gasteiger partial charge in [-0.1, -0.05) is 0 Å². The molecule has 2 aromatic rings. The number of imidazole rings is 1. The summed E-state index contributed by atoms with van der Waals surface area (Å²) in [6.45, 7) is 2.61. The molecule has 2 atom stereocenters. The molecule has 126 valence electrons. The average molecular weight is 332 g/mol. The topological polar surface area (TPSA) is 91.6 Å². The van der Waals surface area contributed by atoms with E-state index in [1.54, 1.807) is 29.9 Å². The average Bonchev–Trinajstić information content (AvgIpc) is 3.12. The Bertz CT molecular complexity index is 832. The summed E-state index contributed by atoms with van der Waals surface area (Å²) in [5.74, 6) is -0.985. The predicted octanol–water partition coefficient (Wildman–Crippen LogP) is 0.591. The van der Waals surface area contributed by atoms with Gasteiger partial charge in [-0.05, 0) is 13.0 Å². The van der Waals surface area contributed by atoms with Crippen molar-refractivity contribution < 1.29 is 14.0 Å². The molecule has 2 N–H and O–H groups in total. The summed E-state index contributed by atoms with van der Waals surface area (Å²) in [4.78, 5) is 29.6. The van der Waals surface area contributed by atoms with Crippen molar-refractivity contribution in [2.24, 2.45) is 0 Å². The van der Waals surface area contributed by atoms with Gasteiger partial charge in [-0.2, -0.15) is 5.10 Å². The second-order valence-electron chi connectivity index (χ2n) is 6.49. The molecule has 0 saturated carbocycles. The number of hydrogen-bond donors (Lipinski definition) is 2. The van der Waals surface area contributed by atoms with E-state index >= 15 is 0 Å². The van der Waals surface area contributed by atoms with Gasteiger partial charge in [-0.15, -0.1) is 0 Å². The maximum atomic E-state index is 14.2. The van der Waals surface area contributed by atoms with Crippen molar-refractivity contribution >= 4 is 23.3 Å². The van der Waals surface area contributed by atoms with Crippen molar-refractivity contribution in [1.29, 1.82) is 0 Å². The third-order valence-corrected chi connectivity index (χ3v) is 4.50. The van der Waals surface area contributed by atoms with E-state index < -0.39 is 23.5 Å². The molecular formula is C15H17FN6O2. The van der Waals surface area contributed by atoms with Gasteiger partial charge in [-0.25, -0.2) is 18.7 Å². The Morgan fingerprint density at radius 1 is 1.42 bits per heavy atom. The molecule has 0 aliphatic carbocycles. The standard InChI is InChI=1S/C15H17FN6O2/c1-15(16)2-4-21(8-15)11-6-10(20-22-5-3-17-12(11)22)9-7-18-14(24)19-13(9)23/h3,5-6,9H,2,4,7-8H2,1H3,(H2,18,19,23,24)/t9?,15-/m0/s1. The van der Waals surface area contributed by atoms with E-state index in [4.69, 9.17) is 0 Å². The fraction of sp³-hybridized carbons (Fsp3) is 0.467. The summed E-state index contributed by atoms with van der Waals surface area (Å²) in [6, 6.07) is 1.26. The Morgan fingerprint density at radius 2 is 2.25 bits per heavy atom. The number of fused-ring (bicyclic) bond motifs is 1. The number of carbonyl (C=O) groups is 2. The van der Waals surface area contributed by atoms with E-state index in [1.807, 2.05) is 4.90 Å². The van der Waals surface area contributed by atoms with Crippen LogP contribution in [0.25, 0.3) is 5.65 Å². The van der Waals surface area contributed by atoms with Crippen LogP contribution in [-0.4, -0.2) is 51.8 Å². The number of alkyl halides is 1. The largest absolute Gasteiger partial charge is 0.365 e. The molecule has 4 rings (SSSR count). The van der Waals surface area contributed by atoms with E-state index in [0.29, 0.717) is 24.3 Å². The summed E-state index contributed by atoms with van der Waals surface area (Å²) in [5, 5.41) is 9.26. The number of rotatable bonds is 2. The number of nitrogens with one attached hydrogen (secondary N) is 2. The smallest absolute Gasteiger partial charge is 0.321 e. The van der Waals surface area contributed by atoms with Crippen LogP contribution in [0.2, 0.25) is 0 Å². The van der Waals surface area contributed by atoms with Crippen LogP contribution < -0.4 is 15.5 Å². The van der Waals surface area contributed by atoms with Crippen molar-refractivity contribution in [2.45, 2.75) is 24.9 Å². The Labute approximate surface area is 137 Å². The summed E-state index contributed by atoms with van der Waals surface area (Å²) >= 11 is 0. The van der Waals surface area contributed by atoms with Crippen LogP contribution in [0.1, 0.15) is 25.0 Å². The van der Waals surface area contributed by atoms with Gasteiger partial charge < -0.3 is 10.2 Å². The molecule has 2 aliphatic heterocycles. The van der Waals surface area contributed by atoms with Crippen LogP contribution in [0.5, 0.6) is 0 Å². The van der Waals surface area contributed by atoms with E-state index in [-0.39, 0.29) is 13.1 Å². The Morgan fingerprint density at radius 3 is 2.96 bits per heavy atom. The molecule has 4 heterocycles. The van der Waals surface area contributed by atoms with E-state index in [1.165, 1.54) is 0 Å². The second-order valence-corrected chi connectivity index (χ2v) is 6.49. The van der Waals surface area contributed by atoms with Gasteiger partial charge in [0.15, 0.2) is 5.65 Å². The lowest BCUT2D eigenvalue weighted by Crippen LogP contribution is -2.51. The van der Waals surface area contributed by atoms with Crippen molar-refractivity contribution in [1.82, 2.24) is 25.2 Å². The molecule has 2 aromatic heterocycles. The van der Waals surface area contributed by atoms with Gasteiger partial charge in [0.25, 0.3) is 0 Å². The molecule has 24 heavy (non-hydrogen) atoms. The van der Waals surface area contributed by atoms with Crippen molar-refractivity contribution in [3.8, 4) is 0 Å². The number of amides is 3. The van der Waals surface area contributed by atoms with E-state index in [2.05, 4.69) is 20.7 Å². The SMILES string of the molecule is C[C@]1(F)CCN(c2cc(C3CNC(=O)NC3=O)nn3ccnc23)C1. The number of imide groups is 1. The van der Waals surface area contributed by atoms with Gasteiger partial charge >= 0.3 is 6.03 Å². The van der Waals surface area contributed by atoms with E-state index in [0.717, 1.165) is 5.69 Å². The fourth-order valence-corrected chi connectivity index (χ4v) is 3.22. The molecule has 0 spiro atoms. The molecule has 9 heteroatoms. The molecule has 2 saturated heterocycles. The van der Waals surface area contributed by atoms with Crippen molar-refractivity contribution in [3.05, 3.63) is 24.2 Å². The number of halogens is 1. The molecule has 0 radical (unpaired) electrons. The van der Waals surface area contributed by atoms with Crippen LogP contribution in [0.4, 0.5) is 14.9 Å². The highest BCUT2D eigenvalue weighted by atomic mass is 19.1. The van der Waals surface area contributed by atoms with Crippen LogP contribution in [0, 0.1) is 0 Å². The van der Waals surface area contributed by atoms with E-state index in [9.17, 15) is 14.0 Å². The highest BCUT2D eigenvalue weighted by Crippen LogP contribution is 2.32. The first-order chi connectivity index (χ1) is 11.4. The zero-order valence-electron chi connectivity index (χ0n) is 13.1. The molecule has 2 aliphatic rings. The monoisotopic (exact) mass is 332 g/mol. The van der Waals surface area contributed by atoms with Crippen LogP contribution in [0.3, 0.4) is 0 Å². The third kappa shape index (κ3) is 2.45. The minimum Gasteiger partial charge on any atom is -0.365 e. The Hall–Kier alpha value is -2.71. The molecule has 8 nitrogen and oxygen atoms in total.